The predicted octanol–water partition coefficient (Wildman–Crippen LogP) is 4.67. The fourth-order valence-corrected chi connectivity index (χ4v) is 3.09. The van der Waals surface area contributed by atoms with Gasteiger partial charge in [0.05, 0.1) is 11.3 Å². The number of Topliss-reactive ketones (excluding diaryl/α,β-unsaturated/α-hetero) is 1. The number of hydrogen-bond donors (Lipinski definition) is 1. The van der Waals surface area contributed by atoms with Crippen molar-refractivity contribution in [1.82, 2.24) is 4.98 Å². The van der Waals surface area contributed by atoms with E-state index in [1.165, 1.54) is 0 Å². The lowest BCUT2D eigenvalue weighted by atomic mass is 9.99. The number of carbonyl (C=O) groups excluding carboxylic acids is 1. The Hall–Kier alpha value is -2.35. The third-order valence-corrected chi connectivity index (χ3v) is 4.46. The number of H-pyrrole nitrogens is 1. The monoisotopic (exact) mass is 275 g/mol. The molecule has 1 aliphatic carbocycles. The Morgan fingerprint density at radius 2 is 1.71 bits per heavy atom. The fraction of sp³-hybridized carbons (Fsp3) is 0.211. The summed E-state index contributed by atoms with van der Waals surface area (Å²) < 4.78 is 0. The Morgan fingerprint density at radius 1 is 1.05 bits per heavy atom. The highest BCUT2D eigenvalue weighted by atomic mass is 16.1. The Labute approximate surface area is 123 Å². The van der Waals surface area contributed by atoms with Crippen LogP contribution in [0.25, 0.3) is 22.2 Å². The van der Waals surface area contributed by atoms with Gasteiger partial charge in [0, 0.05) is 16.8 Å². The number of carbonyl (C=O) groups is 1. The Kier molecular flexibility index (Phi) is 2.71. The number of rotatable bonds is 3. The molecule has 1 aliphatic rings. The number of aromatic amines is 1. The maximum atomic E-state index is 12.9. The van der Waals surface area contributed by atoms with Crippen LogP contribution in [0.15, 0.2) is 54.6 Å². The molecule has 0 saturated heterocycles. The molecule has 1 fully saturated rings. The summed E-state index contributed by atoms with van der Waals surface area (Å²) in [6.45, 7) is 2.15. The van der Waals surface area contributed by atoms with Gasteiger partial charge in [-0.25, -0.2) is 0 Å². The van der Waals surface area contributed by atoms with E-state index in [0.717, 1.165) is 34.1 Å². The summed E-state index contributed by atoms with van der Waals surface area (Å²) >= 11 is 0. The van der Waals surface area contributed by atoms with E-state index in [1.807, 2.05) is 42.5 Å². The summed E-state index contributed by atoms with van der Waals surface area (Å²) in [5, 5.41) is 1.04. The van der Waals surface area contributed by atoms with Crippen molar-refractivity contribution in [1.29, 1.82) is 0 Å². The van der Waals surface area contributed by atoms with E-state index in [0.29, 0.717) is 11.7 Å². The van der Waals surface area contributed by atoms with Crippen LogP contribution in [0.3, 0.4) is 0 Å². The third kappa shape index (κ3) is 1.99. The van der Waals surface area contributed by atoms with Gasteiger partial charge in [-0.05, 0) is 24.0 Å². The zero-order valence-corrected chi connectivity index (χ0v) is 12.0. The van der Waals surface area contributed by atoms with Crippen molar-refractivity contribution in [2.24, 2.45) is 11.8 Å². The van der Waals surface area contributed by atoms with Gasteiger partial charge in [-0.3, -0.25) is 4.79 Å². The quantitative estimate of drug-likeness (QED) is 0.692. The first-order valence-electron chi connectivity index (χ1n) is 7.46. The van der Waals surface area contributed by atoms with Crippen molar-refractivity contribution in [2.75, 3.05) is 0 Å². The molecule has 4 rings (SSSR count). The van der Waals surface area contributed by atoms with E-state index < -0.39 is 0 Å². The number of hydrogen-bond acceptors (Lipinski definition) is 1. The zero-order chi connectivity index (χ0) is 14.4. The van der Waals surface area contributed by atoms with Crippen LogP contribution in [0.5, 0.6) is 0 Å². The van der Waals surface area contributed by atoms with E-state index in [1.54, 1.807) is 0 Å². The molecule has 0 bridgehead atoms. The average Bonchev–Trinajstić information content (AvgIpc) is 3.13. The molecule has 2 aromatic carbocycles. The molecule has 2 unspecified atom stereocenters. The van der Waals surface area contributed by atoms with Crippen molar-refractivity contribution in [3.8, 4) is 11.3 Å². The van der Waals surface area contributed by atoms with Crippen molar-refractivity contribution in [3.63, 3.8) is 0 Å². The summed E-state index contributed by atoms with van der Waals surface area (Å²) in [5.74, 6) is 1.01. The highest BCUT2D eigenvalue weighted by molar-refractivity contribution is 6.14. The molecule has 0 amide bonds. The number of aromatic nitrogens is 1. The second kappa shape index (κ2) is 4.59. The van der Waals surface area contributed by atoms with Gasteiger partial charge < -0.3 is 4.98 Å². The minimum Gasteiger partial charge on any atom is -0.354 e. The Balaban J connectivity index is 1.95. The lowest BCUT2D eigenvalue weighted by Gasteiger charge is -2.04. The molecular weight excluding hydrogens is 258 g/mol. The standard InChI is InChI=1S/C19H17NO/c1-12-11-15(12)19(21)17-14-9-5-6-10-16(14)20-18(17)13-7-3-2-4-8-13/h2-10,12,15,20H,11H2,1H3. The SMILES string of the molecule is CC1CC1C(=O)c1c(-c2ccccc2)[nH]c2ccccc12. The van der Waals surface area contributed by atoms with Crippen LogP contribution in [-0.2, 0) is 0 Å². The second-order valence-electron chi connectivity index (χ2n) is 5.97. The normalized spacial score (nSPS) is 20.6. The maximum absolute atomic E-state index is 12.9. The first kappa shape index (κ1) is 12.4. The van der Waals surface area contributed by atoms with E-state index in [9.17, 15) is 4.79 Å². The molecule has 2 nitrogen and oxygen atoms in total. The van der Waals surface area contributed by atoms with Crippen LogP contribution in [0.4, 0.5) is 0 Å². The molecule has 0 aliphatic heterocycles. The van der Waals surface area contributed by atoms with E-state index >= 15 is 0 Å². The van der Waals surface area contributed by atoms with Gasteiger partial charge in [-0.2, -0.15) is 0 Å². The van der Waals surface area contributed by atoms with Crippen molar-refractivity contribution >= 4 is 16.7 Å². The fourth-order valence-electron chi connectivity index (χ4n) is 3.09. The van der Waals surface area contributed by atoms with Crippen molar-refractivity contribution in [3.05, 3.63) is 60.2 Å². The molecular formula is C19H17NO. The van der Waals surface area contributed by atoms with E-state index in [-0.39, 0.29) is 5.92 Å². The number of fused-ring (bicyclic) bond motifs is 1. The number of para-hydroxylation sites is 1. The van der Waals surface area contributed by atoms with Crippen molar-refractivity contribution in [2.45, 2.75) is 13.3 Å². The van der Waals surface area contributed by atoms with Crippen LogP contribution in [0.2, 0.25) is 0 Å². The van der Waals surface area contributed by atoms with Gasteiger partial charge in [0.1, 0.15) is 0 Å². The van der Waals surface area contributed by atoms with Gasteiger partial charge in [0.25, 0.3) is 0 Å². The van der Waals surface area contributed by atoms with Crippen LogP contribution >= 0.6 is 0 Å². The summed E-state index contributed by atoms with van der Waals surface area (Å²) in [5.41, 5.74) is 3.94. The predicted molar refractivity (Wildman–Crippen MR) is 85.3 cm³/mol. The third-order valence-electron chi connectivity index (χ3n) is 4.46. The first-order chi connectivity index (χ1) is 10.3. The van der Waals surface area contributed by atoms with Crippen molar-refractivity contribution < 1.29 is 4.79 Å². The molecule has 1 N–H and O–H groups in total. The lowest BCUT2D eigenvalue weighted by Crippen LogP contribution is -2.04. The minimum absolute atomic E-state index is 0.201. The van der Waals surface area contributed by atoms with Crippen LogP contribution in [0, 0.1) is 11.8 Å². The van der Waals surface area contributed by atoms with Gasteiger partial charge in [-0.15, -0.1) is 0 Å². The number of benzene rings is 2. The van der Waals surface area contributed by atoms with Gasteiger partial charge in [0.15, 0.2) is 5.78 Å². The second-order valence-corrected chi connectivity index (χ2v) is 5.97. The summed E-state index contributed by atoms with van der Waals surface area (Å²) in [6.07, 6.45) is 1.02. The molecule has 104 valence electrons. The zero-order valence-electron chi connectivity index (χ0n) is 12.0. The summed E-state index contributed by atoms with van der Waals surface area (Å²) in [6, 6.07) is 18.2. The van der Waals surface area contributed by atoms with Gasteiger partial charge >= 0.3 is 0 Å². The smallest absolute Gasteiger partial charge is 0.169 e. The number of nitrogens with one attached hydrogen (secondary N) is 1. The van der Waals surface area contributed by atoms with Gasteiger partial charge in [0.2, 0.25) is 0 Å². The van der Waals surface area contributed by atoms with Crippen LogP contribution in [-0.4, -0.2) is 10.8 Å². The molecule has 3 aromatic rings. The van der Waals surface area contributed by atoms with Gasteiger partial charge in [-0.1, -0.05) is 55.5 Å². The largest absolute Gasteiger partial charge is 0.354 e. The highest BCUT2D eigenvalue weighted by Crippen LogP contribution is 2.43. The van der Waals surface area contributed by atoms with E-state index in [4.69, 9.17) is 0 Å². The van der Waals surface area contributed by atoms with E-state index in [2.05, 4.69) is 24.0 Å². The maximum Gasteiger partial charge on any atom is 0.169 e. The summed E-state index contributed by atoms with van der Waals surface area (Å²) in [7, 11) is 0. The summed E-state index contributed by atoms with van der Waals surface area (Å²) in [4.78, 5) is 16.3. The Bertz CT molecular complexity index is 816. The topological polar surface area (TPSA) is 32.9 Å². The molecule has 2 heteroatoms. The molecule has 21 heavy (non-hydrogen) atoms. The molecule has 1 saturated carbocycles. The molecule has 2 atom stereocenters. The van der Waals surface area contributed by atoms with Crippen LogP contribution in [0.1, 0.15) is 23.7 Å². The molecule has 1 heterocycles. The number of ketones is 1. The highest BCUT2D eigenvalue weighted by Gasteiger charge is 2.41. The minimum atomic E-state index is 0.201. The Morgan fingerprint density at radius 3 is 2.43 bits per heavy atom. The van der Waals surface area contributed by atoms with Crippen LogP contribution < -0.4 is 0 Å². The average molecular weight is 275 g/mol. The first-order valence-corrected chi connectivity index (χ1v) is 7.46. The lowest BCUT2D eigenvalue weighted by molar-refractivity contribution is 0.0964. The molecule has 0 spiro atoms. The molecule has 1 aromatic heterocycles. The molecule has 0 radical (unpaired) electrons.